The fourth-order valence-corrected chi connectivity index (χ4v) is 3.81. The molecule has 1 aliphatic carbocycles. The van der Waals surface area contributed by atoms with Crippen LogP contribution in [0.3, 0.4) is 0 Å². The monoisotopic (exact) mass is 444 g/mol. The summed E-state index contributed by atoms with van der Waals surface area (Å²) in [6.07, 6.45) is 15.3. The molecule has 2 N–H and O–H groups in total. The summed E-state index contributed by atoms with van der Waals surface area (Å²) in [7, 11) is 0. The summed E-state index contributed by atoms with van der Waals surface area (Å²) in [6.45, 7) is 4.27. The molecule has 32 heavy (non-hydrogen) atoms. The van der Waals surface area contributed by atoms with Gasteiger partial charge in [-0.25, -0.2) is 4.79 Å². The van der Waals surface area contributed by atoms with E-state index in [9.17, 15) is 9.59 Å². The normalized spacial score (nSPS) is 14.8. The van der Waals surface area contributed by atoms with Crippen LogP contribution >= 0.6 is 0 Å². The fraction of sp³-hybridized carbons (Fsp3) is 0.654. The second-order valence-electron chi connectivity index (χ2n) is 8.79. The number of hydrogen-bond acceptors (Lipinski definition) is 5. The highest BCUT2D eigenvalue weighted by Gasteiger charge is 2.55. The van der Waals surface area contributed by atoms with Crippen LogP contribution in [-0.4, -0.2) is 24.4 Å². The quantitative estimate of drug-likeness (QED) is 0.0853. The Balaban J connectivity index is 1.65. The Morgan fingerprint density at radius 3 is 2.00 bits per heavy atom. The van der Waals surface area contributed by atoms with Crippen molar-refractivity contribution in [1.82, 2.24) is 0 Å². The summed E-state index contributed by atoms with van der Waals surface area (Å²) in [5.41, 5.74) is 6.59. The molecule has 1 aromatic rings. The summed E-state index contributed by atoms with van der Waals surface area (Å²) < 4.78 is 5.03. The van der Waals surface area contributed by atoms with Crippen molar-refractivity contribution in [2.75, 3.05) is 6.61 Å². The molecule has 6 heteroatoms. The number of carbonyl (C=O) groups excluding carboxylic acids is 2. The van der Waals surface area contributed by atoms with Crippen LogP contribution in [0, 0.1) is 5.41 Å². The highest BCUT2D eigenvalue weighted by atomic mass is 16.7. The highest BCUT2D eigenvalue weighted by molar-refractivity contribution is 6.07. The molecule has 1 saturated carbocycles. The third-order valence-corrected chi connectivity index (χ3v) is 6.14. The van der Waals surface area contributed by atoms with Crippen LogP contribution < -0.4 is 5.73 Å². The van der Waals surface area contributed by atoms with E-state index in [0.717, 1.165) is 12.8 Å². The minimum absolute atomic E-state index is 0.00174. The van der Waals surface area contributed by atoms with Gasteiger partial charge >= 0.3 is 11.9 Å². The van der Waals surface area contributed by atoms with Crippen LogP contribution in [0.4, 0.5) is 0 Å². The van der Waals surface area contributed by atoms with Gasteiger partial charge in [-0.2, -0.15) is 0 Å². The zero-order valence-corrected chi connectivity index (χ0v) is 19.9. The number of hydrogen-bond donors (Lipinski definition) is 1. The summed E-state index contributed by atoms with van der Waals surface area (Å²) in [6, 6.07) is 7.41. The number of amidine groups is 1. The molecule has 6 nitrogen and oxygen atoms in total. The Bertz CT molecular complexity index is 739. The molecule has 2 rings (SSSR count). The zero-order valence-electron chi connectivity index (χ0n) is 19.9. The number of nitrogens with zero attached hydrogens (tertiary/aromatic N) is 1. The van der Waals surface area contributed by atoms with Crippen molar-refractivity contribution in [2.24, 2.45) is 16.3 Å². The van der Waals surface area contributed by atoms with Gasteiger partial charge in [-0.1, -0.05) is 82.0 Å². The van der Waals surface area contributed by atoms with Gasteiger partial charge in [-0.05, 0) is 50.3 Å². The number of nitrogens with two attached hydrogens (primary N) is 1. The average molecular weight is 445 g/mol. The Morgan fingerprint density at radius 2 is 1.47 bits per heavy atom. The van der Waals surface area contributed by atoms with Crippen molar-refractivity contribution in [1.29, 1.82) is 0 Å². The third kappa shape index (κ3) is 8.29. The van der Waals surface area contributed by atoms with Crippen LogP contribution in [-0.2, 0) is 20.8 Å². The molecule has 0 bridgehead atoms. The average Bonchev–Trinajstić information content (AvgIpc) is 3.61. The van der Waals surface area contributed by atoms with Crippen LogP contribution in [0.1, 0.15) is 107 Å². The zero-order chi connectivity index (χ0) is 23.2. The van der Waals surface area contributed by atoms with E-state index in [0.29, 0.717) is 18.4 Å². The summed E-state index contributed by atoms with van der Waals surface area (Å²) in [5, 5.41) is 3.71. The maximum Gasteiger partial charge on any atom is 0.365 e. The Hall–Kier alpha value is -2.37. The van der Waals surface area contributed by atoms with Crippen molar-refractivity contribution < 1.29 is 19.2 Å². The number of aryl methyl sites for hydroxylation is 1. The molecular formula is C26H40N2O4. The lowest BCUT2D eigenvalue weighted by atomic mass is 10.0. The predicted molar refractivity (Wildman–Crippen MR) is 127 cm³/mol. The first kappa shape index (κ1) is 25.9. The molecule has 0 unspecified atom stereocenters. The van der Waals surface area contributed by atoms with Crippen LogP contribution in [0.15, 0.2) is 29.4 Å². The topological polar surface area (TPSA) is 91.0 Å². The van der Waals surface area contributed by atoms with Crippen molar-refractivity contribution >= 4 is 17.8 Å². The van der Waals surface area contributed by atoms with E-state index in [4.69, 9.17) is 15.3 Å². The second-order valence-corrected chi connectivity index (χ2v) is 8.79. The largest absolute Gasteiger partial charge is 0.465 e. The third-order valence-electron chi connectivity index (χ3n) is 6.14. The molecule has 1 aromatic carbocycles. The SMILES string of the molecule is CCCCCCCCCCCCc1ccc(C(=O)ON=C(N)C2(C(=O)OCC)CC2)cc1. The van der Waals surface area contributed by atoms with E-state index in [1.807, 2.05) is 12.1 Å². The lowest BCUT2D eigenvalue weighted by molar-refractivity contribution is -0.146. The summed E-state index contributed by atoms with van der Waals surface area (Å²) >= 11 is 0. The number of unbranched alkanes of at least 4 members (excludes halogenated alkanes) is 9. The van der Waals surface area contributed by atoms with E-state index in [2.05, 4.69) is 12.1 Å². The van der Waals surface area contributed by atoms with Crippen LogP contribution in [0.2, 0.25) is 0 Å². The molecule has 1 aliphatic rings. The van der Waals surface area contributed by atoms with E-state index < -0.39 is 17.4 Å². The number of esters is 1. The number of ether oxygens (including phenoxy) is 1. The van der Waals surface area contributed by atoms with Crippen LogP contribution in [0.25, 0.3) is 0 Å². The molecule has 1 fully saturated rings. The van der Waals surface area contributed by atoms with Gasteiger partial charge in [0.15, 0.2) is 5.84 Å². The minimum atomic E-state index is -0.921. The number of carbonyl (C=O) groups is 2. The second kappa shape index (κ2) is 13.9. The van der Waals surface area contributed by atoms with Gasteiger partial charge in [0.25, 0.3) is 0 Å². The van der Waals surface area contributed by atoms with Gasteiger partial charge in [0.1, 0.15) is 5.41 Å². The minimum Gasteiger partial charge on any atom is -0.465 e. The van der Waals surface area contributed by atoms with Crippen molar-refractivity contribution in [3.05, 3.63) is 35.4 Å². The highest BCUT2D eigenvalue weighted by Crippen LogP contribution is 2.47. The lowest BCUT2D eigenvalue weighted by Gasteiger charge is -2.12. The molecule has 0 saturated heterocycles. The van der Waals surface area contributed by atoms with Gasteiger partial charge in [0, 0.05) is 0 Å². The van der Waals surface area contributed by atoms with E-state index in [1.165, 1.54) is 63.4 Å². The first-order chi connectivity index (χ1) is 15.5. The predicted octanol–water partition coefficient (Wildman–Crippen LogP) is 5.92. The van der Waals surface area contributed by atoms with Gasteiger partial charge in [0.2, 0.25) is 0 Å². The van der Waals surface area contributed by atoms with E-state index in [-0.39, 0.29) is 12.4 Å². The van der Waals surface area contributed by atoms with Gasteiger partial charge in [-0.15, -0.1) is 0 Å². The summed E-state index contributed by atoms with van der Waals surface area (Å²) in [4.78, 5) is 29.2. The lowest BCUT2D eigenvalue weighted by Crippen LogP contribution is -2.34. The molecule has 0 atom stereocenters. The van der Waals surface area contributed by atoms with Crippen molar-refractivity contribution in [3.63, 3.8) is 0 Å². The summed E-state index contributed by atoms with van der Waals surface area (Å²) in [5.74, 6) is -0.992. The smallest absolute Gasteiger partial charge is 0.365 e. The van der Waals surface area contributed by atoms with Gasteiger partial charge < -0.3 is 15.3 Å². The van der Waals surface area contributed by atoms with Gasteiger partial charge in [-0.3, -0.25) is 4.79 Å². The van der Waals surface area contributed by atoms with E-state index >= 15 is 0 Å². The number of rotatable bonds is 16. The Kier molecular flexibility index (Phi) is 11.3. The molecule has 0 heterocycles. The first-order valence-electron chi connectivity index (χ1n) is 12.3. The molecule has 0 amide bonds. The first-order valence-corrected chi connectivity index (χ1v) is 12.3. The maximum absolute atomic E-state index is 12.2. The van der Waals surface area contributed by atoms with Crippen LogP contribution in [0.5, 0.6) is 0 Å². The van der Waals surface area contributed by atoms with E-state index in [1.54, 1.807) is 19.1 Å². The van der Waals surface area contributed by atoms with Gasteiger partial charge in [0.05, 0.1) is 12.2 Å². The van der Waals surface area contributed by atoms with Crippen molar-refractivity contribution in [2.45, 2.75) is 97.3 Å². The Morgan fingerprint density at radius 1 is 0.906 bits per heavy atom. The van der Waals surface area contributed by atoms with Crippen molar-refractivity contribution in [3.8, 4) is 0 Å². The molecular weight excluding hydrogens is 404 g/mol. The molecule has 178 valence electrons. The maximum atomic E-state index is 12.2. The molecule has 0 aliphatic heterocycles. The standard InChI is InChI=1S/C26H40N2O4/c1-3-5-6-7-8-9-10-11-12-13-14-21-15-17-22(18-16-21)23(29)32-28-24(27)26(19-20-26)25(30)31-4-2/h15-18H,3-14,19-20H2,1-2H3,(H2,27,28). The number of benzene rings is 1. The molecule has 0 spiro atoms. The number of oxime groups is 1. The fourth-order valence-electron chi connectivity index (χ4n) is 3.81. The molecule has 0 radical (unpaired) electrons. The molecule has 0 aromatic heterocycles. The Labute approximate surface area is 192 Å².